The maximum Gasteiger partial charge on any atom is 0.309 e. The average Bonchev–Trinajstić information content (AvgIpc) is 3.74. The van der Waals surface area contributed by atoms with Crippen molar-refractivity contribution in [3.63, 3.8) is 0 Å². The fraction of sp³-hybridized carbons (Fsp3) is 0.630. The zero-order valence-corrected chi connectivity index (χ0v) is 33.0. The van der Waals surface area contributed by atoms with Crippen LogP contribution in [0.25, 0.3) is 0 Å². The highest BCUT2D eigenvalue weighted by atomic mass is 16.4. The number of carbonyl (C=O) groups is 1. The van der Waals surface area contributed by atoms with Crippen molar-refractivity contribution >= 4 is 5.97 Å². The molecule has 1 saturated carbocycles. The second-order valence-electron chi connectivity index (χ2n) is 17.1. The number of carboxylic acid groups (broad SMARTS) is 1. The van der Waals surface area contributed by atoms with Crippen LogP contribution >= 0.6 is 0 Å². The Bertz CT molecular complexity index is 1530. The Kier molecular flexibility index (Phi) is 15.9. The Morgan fingerprint density at radius 2 is 1.81 bits per heavy atom. The first-order valence-corrected chi connectivity index (χ1v) is 21.1. The number of H-pyrrole nitrogens is 1. The van der Waals surface area contributed by atoms with Crippen molar-refractivity contribution in [2.75, 3.05) is 6.54 Å². The van der Waals surface area contributed by atoms with Crippen molar-refractivity contribution in [3.05, 3.63) is 95.1 Å². The number of aromatic nitrogens is 1. The molecule has 8 heteroatoms. The number of allylic oxidation sites excluding steroid dienone is 3. The molecule has 1 aromatic carbocycles. The molecule has 54 heavy (non-hydrogen) atoms. The summed E-state index contributed by atoms with van der Waals surface area (Å²) in [5.74, 6) is 0.0747. The van der Waals surface area contributed by atoms with Crippen molar-refractivity contribution in [2.24, 2.45) is 35.3 Å². The summed E-state index contributed by atoms with van der Waals surface area (Å²) in [5, 5.41) is 47.6. The lowest BCUT2D eigenvalue weighted by Crippen LogP contribution is -2.37. The number of hydrogen-bond acceptors (Lipinski definition) is 6. The summed E-state index contributed by atoms with van der Waals surface area (Å²) in [4.78, 5) is 15.9. The van der Waals surface area contributed by atoms with Gasteiger partial charge in [-0.1, -0.05) is 101 Å². The standard InChI is InChI=1S/C46H69N3O5/c1-3-4-7-12-34-17-18-37(43(51)26-34)15-10-6-11-16-41(45(52)53)42(50)19-21-46(54)30-36(24-35-20-22-48-44(47)27-35)25-39(46)29-40-28-38(31-49-40)32(2)23-33-13-8-5-9-14-33/h5,8-9,13-14,17-18,20,27-28,31-32,34,36-37,39,41-43,48-51,54H,3-4,6-7,10-12,15-16,19,21-26,29-30,47H2,1-2H3,(H,52,53)/t32-,34-,36-,37-,39+,41+,42-,43-,46+/m1/s1. The lowest BCUT2D eigenvalue weighted by atomic mass is 9.80. The van der Waals surface area contributed by atoms with Crippen molar-refractivity contribution in [1.29, 1.82) is 0 Å². The van der Waals surface area contributed by atoms with E-state index < -0.39 is 23.6 Å². The Balaban J connectivity index is 1.14. The van der Waals surface area contributed by atoms with E-state index in [1.807, 2.05) is 12.1 Å². The summed E-state index contributed by atoms with van der Waals surface area (Å²) in [6.45, 7) is 5.16. The van der Waals surface area contributed by atoms with Gasteiger partial charge in [0.15, 0.2) is 0 Å². The van der Waals surface area contributed by atoms with Gasteiger partial charge in [0.1, 0.15) is 0 Å². The number of aliphatic hydroxyl groups is 3. The molecule has 1 aromatic heterocycles. The van der Waals surface area contributed by atoms with E-state index in [4.69, 9.17) is 5.73 Å². The van der Waals surface area contributed by atoms with Gasteiger partial charge in [0, 0.05) is 24.4 Å². The molecule has 298 valence electrons. The van der Waals surface area contributed by atoms with Gasteiger partial charge in [-0.3, -0.25) is 4.79 Å². The number of aromatic amines is 1. The Morgan fingerprint density at radius 1 is 1.02 bits per heavy atom. The van der Waals surface area contributed by atoms with Crippen LogP contribution in [0.3, 0.4) is 0 Å². The van der Waals surface area contributed by atoms with Crippen LogP contribution in [-0.4, -0.2) is 55.7 Å². The van der Waals surface area contributed by atoms with Gasteiger partial charge < -0.3 is 36.5 Å². The Labute approximate surface area is 324 Å². The minimum absolute atomic E-state index is 0.0200. The van der Waals surface area contributed by atoms with Crippen LogP contribution < -0.4 is 11.1 Å². The highest BCUT2D eigenvalue weighted by Gasteiger charge is 2.46. The van der Waals surface area contributed by atoms with Crippen LogP contribution in [0.5, 0.6) is 0 Å². The molecule has 8 nitrogen and oxygen atoms in total. The second kappa shape index (κ2) is 20.5. The molecule has 5 rings (SSSR count). The number of unbranched alkanes of at least 4 members (excludes halogenated alkanes) is 4. The molecule has 8 N–H and O–H groups in total. The minimum Gasteiger partial charge on any atom is -0.481 e. The number of rotatable bonds is 22. The van der Waals surface area contributed by atoms with Crippen molar-refractivity contribution in [1.82, 2.24) is 10.3 Å². The molecular weight excluding hydrogens is 675 g/mol. The molecule has 0 bridgehead atoms. The molecule has 2 aliphatic carbocycles. The fourth-order valence-electron chi connectivity index (χ4n) is 9.56. The van der Waals surface area contributed by atoms with Gasteiger partial charge in [0.2, 0.25) is 0 Å². The smallest absolute Gasteiger partial charge is 0.309 e. The quantitative estimate of drug-likeness (QED) is 0.0473. The van der Waals surface area contributed by atoms with Crippen molar-refractivity contribution in [2.45, 2.75) is 147 Å². The number of aliphatic hydroxyl groups excluding tert-OH is 2. The Hall–Kier alpha value is -3.33. The largest absolute Gasteiger partial charge is 0.481 e. The summed E-state index contributed by atoms with van der Waals surface area (Å²) in [7, 11) is 0. The summed E-state index contributed by atoms with van der Waals surface area (Å²) < 4.78 is 0. The van der Waals surface area contributed by atoms with Gasteiger partial charge >= 0.3 is 5.97 Å². The first kappa shape index (κ1) is 41.8. The predicted octanol–water partition coefficient (Wildman–Crippen LogP) is 8.31. The van der Waals surface area contributed by atoms with E-state index in [0.717, 1.165) is 57.1 Å². The molecule has 1 aliphatic heterocycles. The van der Waals surface area contributed by atoms with Gasteiger partial charge in [-0.25, -0.2) is 0 Å². The first-order chi connectivity index (χ1) is 26.0. The first-order valence-electron chi connectivity index (χ1n) is 21.1. The monoisotopic (exact) mass is 744 g/mol. The number of benzene rings is 1. The summed E-state index contributed by atoms with van der Waals surface area (Å²) in [6.07, 6.45) is 23.5. The van der Waals surface area contributed by atoms with Crippen LogP contribution in [0, 0.1) is 29.6 Å². The SMILES string of the molecule is CCCCC[C@@H]1C=C[C@@H](CCCCC[C@H](C(=O)O)[C@H](O)CC[C@]2(O)C[C@H](CC3=CCNC(N)=C3)C[C@H]2Cc2cc([C@H](C)Cc3ccccc3)c[nH]2)[C@H](O)C1. The number of carboxylic acids is 1. The molecule has 1 fully saturated rings. The van der Waals surface area contributed by atoms with E-state index in [2.05, 4.69) is 78.9 Å². The van der Waals surface area contributed by atoms with Crippen LogP contribution in [0.4, 0.5) is 0 Å². The van der Waals surface area contributed by atoms with E-state index in [0.29, 0.717) is 56.3 Å². The van der Waals surface area contributed by atoms with Crippen LogP contribution in [-0.2, 0) is 17.6 Å². The van der Waals surface area contributed by atoms with Gasteiger partial charge in [0.25, 0.3) is 0 Å². The number of aliphatic carboxylic acids is 1. The molecule has 0 amide bonds. The average molecular weight is 744 g/mol. The van der Waals surface area contributed by atoms with Gasteiger partial charge in [-0.2, -0.15) is 0 Å². The Morgan fingerprint density at radius 3 is 2.56 bits per heavy atom. The number of nitrogens with two attached hydrogens (primary N) is 1. The lowest BCUT2D eigenvalue weighted by molar-refractivity contribution is -0.146. The molecule has 0 saturated heterocycles. The highest BCUT2D eigenvalue weighted by molar-refractivity contribution is 5.70. The number of hydrogen-bond donors (Lipinski definition) is 7. The van der Waals surface area contributed by atoms with Crippen LogP contribution in [0.1, 0.15) is 133 Å². The summed E-state index contributed by atoms with van der Waals surface area (Å²) in [5.41, 5.74) is 9.91. The maximum absolute atomic E-state index is 12.4. The molecule has 0 unspecified atom stereocenters. The normalized spacial score (nSPS) is 27.2. The summed E-state index contributed by atoms with van der Waals surface area (Å²) >= 11 is 0. The molecule has 3 aliphatic rings. The molecular formula is C46H69N3O5. The third kappa shape index (κ3) is 12.3. The lowest BCUT2D eigenvalue weighted by Gasteiger charge is -2.32. The van der Waals surface area contributed by atoms with Crippen LogP contribution in [0.15, 0.2) is 78.3 Å². The zero-order valence-electron chi connectivity index (χ0n) is 33.0. The number of nitrogens with one attached hydrogen (secondary N) is 2. The second-order valence-corrected chi connectivity index (χ2v) is 17.1. The number of dihydropyridines is 1. The predicted molar refractivity (Wildman–Crippen MR) is 218 cm³/mol. The van der Waals surface area contributed by atoms with Crippen molar-refractivity contribution in [3.8, 4) is 0 Å². The van der Waals surface area contributed by atoms with Crippen molar-refractivity contribution < 1.29 is 25.2 Å². The topological polar surface area (TPSA) is 152 Å². The highest BCUT2D eigenvalue weighted by Crippen LogP contribution is 2.47. The third-order valence-electron chi connectivity index (χ3n) is 12.8. The van der Waals surface area contributed by atoms with Gasteiger partial charge in [-0.05, 0) is 123 Å². The molecule has 0 radical (unpaired) electrons. The van der Waals surface area contributed by atoms with E-state index in [1.54, 1.807) is 0 Å². The molecule has 2 aromatic rings. The molecule has 0 spiro atoms. The van der Waals surface area contributed by atoms with Crippen LogP contribution in [0.2, 0.25) is 0 Å². The van der Waals surface area contributed by atoms with Gasteiger partial charge in [0.05, 0.1) is 29.5 Å². The maximum atomic E-state index is 12.4. The van der Waals surface area contributed by atoms with Gasteiger partial charge in [-0.15, -0.1) is 0 Å². The van der Waals surface area contributed by atoms with E-state index in [-0.39, 0.29) is 30.3 Å². The van der Waals surface area contributed by atoms with E-state index >= 15 is 0 Å². The summed E-state index contributed by atoms with van der Waals surface area (Å²) in [6, 6.07) is 12.8. The van der Waals surface area contributed by atoms with E-state index in [1.165, 1.54) is 36.0 Å². The third-order valence-corrected chi connectivity index (χ3v) is 12.8. The zero-order chi connectivity index (χ0) is 38.5. The molecule has 2 heterocycles. The minimum atomic E-state index is -1.02. The fourth-order valence-corrected chi connectivity index (χ4v) is 9.56. The van der Waals surface area contributed by atoms with E-state index in [9.17, 15) is 25.2 Å². The molecule has 9 atom stereocenters.